The van der Waals surface area contributed by atoms with Gasteiger partial charge in [0.1, 0.15) is 5.75 Å². The summed E-state index contributed by atoms with van der Waals surface area (Å²) in [6.07, 6.45) is 3.54. The molecule has 20 heavy (non-hydrogen) atoms. The number of rotatable bonds is 8. The number of nitrogens with one attached hydrogen (secondary N) is 1. The molecule has 0 aromatic heterocycles. The first-order valence-electron chi connectivity index (χ1n) is 7.33. The minimum Gasteiger partial charge on any atom is -0.494 e. The lowest BCUT2D eigenvalue weighted by Gasteiger charge is -2.29. The van der Waals surface area contributed by atoms with E-state index in [9.17, 15) is 4.79 Å². The summed E-state index contributed by atoms with van der Waals surface area (Å²) in [5.74, 6) is 1.47. The maximum atomic E-state index is 11.9. The number of carbonyl (C=O) groups excluding carboxylic acids is 1. The molecule has 0 heterocycles. The zero-order valence-electron chi connectivity index (χ0n) is 12.1. The number of ether oxygens (including phenoxy) is 1. The molecule has 4 heteroatoms. The molecule has 2 rings (SSSR count). The molecule has 4 nitrogen and oxygen atoms in total. The van der Waals surface area contributed by atoms with Gasteiger partial charge in [-0.15, -0.1) is 0 Å². The molecule has 1 aliphatic rings. The molecule has 1 aliphatic carbocycles. The van der Waals surface area contributed by atoms with Gasteiger partial charge in [-0.05, 0) is 44.2 Å². The topological polar surface area (TPSA) is 64.3 Å². The maximum Gasteiger partial charge on any atom is 0.220 e. The van der Waals surface area contributed by atoms with Gasteiger partial charge in [-0.2, -0.15) is 0 Å². The van der Waals surface area contributed by atoms with Crippen molar-refractivity contribution in [1.82, 2.24) is 5.32 Å². The molecular weight excluding hydrogens is 252 g/mol. The SMILES string of the molecule is CC(CN)(NC(=O)CCCOc1ccccc1)C1CC1. The fourth-order valence-corrected chi connectivity index (χ4v) is 2.36. The van der Waals surface area contributed by atoms with Crippen molar-refractivity contribution in [3.63, 3.8) is 0 Å². The minimum atomic E-state index is -0.225. The van der Waals surface area contributed by atoms with Crippen LogP contribution in [0.4, 0.5) is 0 Å². The van der Waals surface area contributed by atoms with E-state index in [4.69, 9.17) is 10.5 Å². The van der Waals surface area contributed by atoms with Crippen molar-refractivity contribution < 1.29 is 9.53 Å². The van der Waals surface area contributed by atoms with Crippen molar-refractivity contribution in [2.24, 2.45) is 11.7 Å². The molecule has 1 atom stereocenters. The van der Waals surface area contributed by atoms with E-state index in [2.05, 4.69) is 5.32 Å². The summed E-state index contributed by atoms with van der Waals surface area (Å²) in [7, 11) is 0. The summed E-state index contributed by atoms with van der Waals surface area (Å²) < 4.78 is 5.57. The van der Waals surface area contributed by atoms with Gasteiger partial charge in [0.2, 0.25) is 5.91 Å². The van der Waals surface area contributed by atoms with Gasteiger partial charge in [0.05, 0.1) is 12.1 Å². The third-order valence-electron chi connectivity index (χ3n) is 3.89. The summed E-state index contributed by atoms with van der Waals surface area (Å²) in [5, 5.41) is 3.08. The Balaban J connectivity index is 1.65. The molecule has 0 radical (unpaired) electrons. The summed E-state index contributed by atoms with van der Waals surface area (Å²) in [5.41, 5.74) is 5.56. The molecule has 1 unspecified atom stereocenters. The van der Waals surface area contributed by atoms with Crippen LogP contribution in [0.2, 0.25) is 0 Å². The maximum absolute atomic E-state index is 11.9. The van der Waals surface area contributed by atoms with Gasteiger partial charge in [0, 0.05) is 13.0 Å². The molecule has 3 N–H and O–H groups in total. The van der Waals surface area contributed by atoms with Crippen LogP contribution >= 0.6 is 0 Å². The van der Waals surface area contributed by atoms with E-state index >= 15 is 0 Å². The molecule has 1 amide bonds. The quantitative estimate of drug-likeness (QED) is 0.715. The fraction of sp³-hybridized carbons (Fsp3) is 0.562. The Labute approximate surface area is 120 Å². The number of carbonyl (C=O) groups is 1. The van der Waals surface area contributed by atoms with Gasteiger partial charge >= 0.3 is 0 Å². The van der Waals surface area contributed by atoms with E-state index in [0.717, 1.165) is 5.75 Å². The van der Waals surface area contributed by atoms with Gasteiger partial charge in [-0.3, -0.25) is 4.79 Å². The summed E-state index contributed by atoms with van der Waals surface area (Å²) >= 11 is 0. The predicted molar refractivity (Wildman–Crippen MR) is 79.5 cm³/mol. The van der Waals surface area contributed by atoms with Crippen LogP contribution in [-0.4, -0.2) is 24.6 Å². The van der Waals surface area contributed by atoms with Crippen molar-refractivity contribution in [2.45, 2.75) is 38.1 Å². The predicted octanol–water partition coefficient (Wildman–Crippen LogP) is 2.09. The molecule has 0 aliphatic heterocycles. The van der Waals surface area contributed by atoms with Gasteiger partial charge in [-0.25, -0.2) is 0 Å². The molecule has 1 saturated carbocycles. The van der Waals surface area contributed by atoms with Crippen LogP contribution in [0.1, 0.15) is 32.6 Å². The van der Waals surface area contributed by atoms with Crippen molar-refractivity contribution in [2.75, 3.05) is 13.2 Å². The summed E-state index contributed by atoms with van der Waals surface area (Å²) in [6, 6.07) is 9.65. The molecule has 1 aromatic rings. The molecule has 1 fully saturated rings. The van der Waals surface area contributed by atoms with E-state index in [1.54, 1.807) is 0 Å². The van der Waals surface area contributed by atoms with Crippen LogP contribution in [0.5, 0.6) is 5.75 Å². The van der Waals surface area contributed by atoms with Crippen LogP contribution in [0.3, 0.4) is 0 Å². The van der Waals surface area contributed by atoms with Gasteiger partial charge in [0.15, 0.2) is 0 Å². The number of amides is 1. The van der Waals surface area contributed by atoms with E-state index in [1.165, 1.54) is 12.8 Å². The number of para-hydroxylation sites is 1. The normalized spacial score (nSPS) is 17.3. The van der Waals surface area contributed by atoms with Crippen LogP contribution in [-0.2, 0) is 4.79 Å². The lowest BCUT2D eigenvalue weighted by Crippen LogP contribution is -2.53. The van der Waals surface area contributed by atoms with Gasteiger partial charge in [0.25, 0.3) is 0 Å². The molecule has 0 bridgehead atoms. The second-order valence-electron chi connectivity index (χ2n) is 5.71. The van der Waals surface area contributed by atoms with E-state index < -0.39 is 0 Å². The third-order valence-corrected chi connectivity index (χ3v) is 3.89. The van der Waals surface area contributed by atoms with E-state index in [1.807, 2.05) is 37.3 Å². The smallest absolute Gasteiger partial charge is 0.220 e. The number of nitrogens with two attached hydrogens (primary N) is 1. The number of hydrogen-bond acceptors (Lipinski definition) is 3. The summed E-state index contributed by atoms with van der Waals surface area (Å²) in [6.45, 7) is 3.10. The van der Waals surface area contributed by atoms with Crippen LogP contribution in [0, 0.1) is 5.92 Å². The van der Waals surface area contributed by atoms with E-state index in [0.29, 0.717) is 31.9 Å². The van der Waals surface area contributed by atoms with Gasteiger partial charge in [-0.1, -0.05) is 18.2 Å². The van der Waals surface area contributed by atoms with Crippen molar-refractivity contribution >= 4 is 5.91 Å². The standard InChI is InChI=1S/C16H24N2O2/c1-16(12-17,13-9-10-13)18-15(19)8-5-11-20-14-6-3-2-4-7-14/h2-4,6-7,13H,5,8-12,17H2,1H3,(H,18,19). The Kier molecular flexibility index (Phi) is 5.01. The largest absolute Gasteiger partial charge is 0.494 e. The minimum absolute atomic E-state index is 0.0708. The van der Waals surface area contributed by atoms with Crippen molar-refractivity contribution in [3.05, 3.63) is 30.3 Å². The second kappa shape index (κ2) is 6.75. The fourth-order valence-electron chi connectivity index (χ4n) is 2.36. The van der Waals surface area contributed by atoms with Crippen molar-refractivity contribution in [1.29, 1.82) is 0 Å². The average molecular weight is 276 g/mol. The first-order valence-corrected chi connectivity index (χ1v) is 7.33. The van der Waals surface area contributed by atoms with Crippen LogP contribution < -0.4 is 15.8 Å². The highest BCUT2D eigenvalue weighted by Gasteiger charge is 2.41. The highest BCUT2D eigenvalue weighted by atomic mass is 16.5. The second-order valence-corrected chi connectivity index (χ2v) is 5.71. The zero-order chi connectivity index (χ0) is 14.4. The summed E-state index contributed by atoms with van der Waals surface area (Å²) in [4.78, 5) is 11.9. The van der Waals surface area contributed by atoms with Crippen LogP contribution in [0.15, 0.2) is 30.3 Å². The molecule has 0 saturated heterocycles. The van der Waals surface area contributed by atoms with Crippen LogP contribution in [0.25, 0.3) is 0 Å². The lowest BCUT2D eigenvalue weighted by atomic mass is 9.95. The highest BCUT2D eigenvalue weighted by molar-refractivity contribution is 5.76. The Bertz CT molecular complexity index is 431. The van der Waals surface area contributed by atoms with E-state index in [-0.39, 0.29) is 11.4 Å². The Morgan fingerprint density at radius 1 is 1.40 bits per heavy atom. The molecule has 1 aromatic carbocycles. The number of benzene rings is 1. The first-order chi connectivity index (χ1) is 9.64. The van der Waals surface area contributed by atoms with Crippen molar-refractivity contribution in [3.8, 4) is 5.75 Å². The third kappa shape index (κ3) is 4.23. The first kappa shape index (κ1) is 14.9. The Morgan fingerprint density at radius 2 is 2.10 bits per heavy atom. The highest BCUT2D eigenvalue weighted by Crippen LogP contribution is 2.38. The Hall–Kier alpha value is -1.55. The lowest BCUT2D eigenvalue weighted by molar-refractivity contribution is -0.123. The number of hydrogen-bond donors (Lipinski definition) is 2. The zero-order valence-corrected chi connectivity index (χ0v) is 12.1. The van der Waals surface area contributed by atoms with Gasteiger partial charge < -0.3 is 15.8 Å². The molecular formula is C16H24N2O2. The molecule has 110 valence electrons. The Morgan fingerprint density at radius 3 is 2.70 bits per heavy atom. The monoisotopic (exact) mass is 276 g/mol. The average Bonchev–Trinajstić information content (AvgIpc) is 3.29. The molecule has 0 spiro atoms.